The van der Waals surface area contributed by atoms with Crippen LogP contribution >= 0.6 is 0 Å². The molecule has 2 aromatic rings. The minimum Gasteiger partial charge on any atom is -0.481 e. The number of esters is 1. The first-order chi connectivity index (χ1) is 11.0. The van der Waals surface area contributed by atoms with Crippen LogP contribution < -0.4 is 0 Å². The summed E-state index contributed by atoms with van der Waals surface area (Å²) in [5.74, 6) is -1.51. The van der Waals surface area contributed by atoms with Crippen LogP contribution in [0.2, 0.25) is 0 Å². The molecule has 120 valence electrons. The average molecular weight is 312 g/mol. The van der Waals surface area contributed by atoms with Gasteiger partial charge in [-0.1, -0.05) is 60.7 Å². The molecule has 2 aromatic carbocycles. The van der Waals surface area contributed by atoms with Crippen LogP contribution in [0.15, 0.2) is 60.7 Å². The summed E-state index contributed by atoms with van der Waals surface area (Å²) in [7, 11) is 0. The molecule has 0 bridgehead atoms. The van der Waals surface area contributed by atoms with Gasteiger partial charge in [-0.3, -0.25) is 9.59 Å². The van der Waals surface area contributed by atoms with Crippen LogP contribution in [-0.4, -0.2) is 17.0 Å². The number of carboxylic acids is 1. The summed E-state index contributed by atoms with van der Waals surface area (Å²) in [6, 6.07) is 18.7. The molecular formula is C19H20O4. The van der Waals surface area contributed by atoms with E-state index in [9.17, 15) is 9.59 Å². The quantitative estimate of drug-likeness (QED) is 0.795. The number of aliphatic carboxylic acids is 1. The molecule has 0 aliphatic heterocycles. The highest BCUT2D eigenvalue weighted by Crippen LogP contribution is 2.29. The Labute approximate surface area is 135 Å². The van der Waals surface area contributed by atoms with Crippen molar-refractivity contribution in [1.29, 1.82) is 0 Å². The standard InChI is InChI=1S/C19H20O4/c1-19(13-17(20)21,12-15-8-4-2-5-9-15)18(22)23-14-16-10-6-3-7-11-16/h2-11H,12-14H2,1H3,(H,20,21)/t19-/m1/s1. The van der Waals surface area contributed by atoms with Crippen LogP contribution in [0.4, 0.5) is 0 Å². The zero-order valence-electron chi connectivity index (χ0n) is 13.1. The van der Waals surface area contributed by atoms with Gasteiger partial charge in [0.2, 0.25) is 0 Å². The fourth-order valence-electron chi connectivity index (χ4n) is 2.48. The Morgan fingerprint density at radius 3 is 2.00 bits per heavy atom. The van der Waals surface area contributed by atoms with Crippen molar-refractivity contribution in [3.8, 4) is 0 Å². The van der Waals surface area contributed by atoms with E-state index in [0.29, 0.717) is 6.42 Å². The summed E-state index contributed by atoms with van der Waals surface area (Å²) >= 11 is 0. The third kappa shape index (κ3) is 4.95. The van der Waals surface area contributed by atoms with E-state index in [-0.39, 0.29) is 13.0 Å². The lowest BCUT2D eigenvalue weighted by atomic mass is 9.80. The van der Waals surface area contributed by atoms with Gasteiger partial charge >= 0.3 is 11.9 Å². The number of carboxylic acid groups (broad SMARTS) is 1. The topological polar surface area (TPSA) is 63.6 Å². The number of carbonyl (C=O) groups is 2. The van der Waals surface area contributed by atoms with E-state index in [4.69, 9.17) is 9.84 Å². The molecule has 1 atom stereocenters. The number of benzene rings is 2. The van der Waals surface area contributed by atoms with Crippen molar-refractivity contribution in [2.45, 2.75) is 26.4 Å². The van der Waals surface area contributed by atoms with Crippen LogP contribution in [0.5, 0.6) is 0 Å². The van der Waals surface area contributed by atoms with Crippen LogP contribution in [0.3, 0.4) is 0 Å². The molecular weight excluding hydrogens is 292 g/mol. The highest BCUT2D eigenvalue weighted by Gasteiger charge is 2.37. The second kappa shape index (κ2) is 7.58. The Morgan fingerprint density at radius 1 is 0.957 bits per heavy atom. The Bertz CT molecular complexity index is 652. The summed E-state index contributed by atoms with van der Waals surface area (Å²) in [5, 5.41) is 9.15. The van der Waals surface area contributed by atoms with Gasteiger partial charge in [-0.15, -0.1) is 0 Å². The number of rotatable bonds is 7. The molecule has 0 radical (unpaired) electrons. The molecule has 0 unspecified atom stereocenters. The monoisotopic (exact) mass is 312 g/mol. The lowest BCUT2D eigenvalue weighted by Gasteiger charge is -2.26. The van der Waals surface area contributed by atoms with Crippen molar-refractivity contribution in [1.82, 2.24) is 0 Å². The molecule has 0 saturated heterocycles. The zero-order chi connectivity index (χ0) is 16.7. The lowest BCUT2D eigenvalue weighted by molar-refractivity contribution is -0.161. The van der Waals surface area contributed by atoms with Gasteiger partial charge in [0.1, 0.15) is 6.61 Å². The van der Waals surface area contributed by atoms with Gasteiger partial charge in [0.15, 0.2) is 0 Å². The van der Waals surface area contributed by atoms with E-state index in [0.717, 1.165) is 11.1 Å². The summed E-state index contributed by atoms with van der Waals surface area (Å²) in [4.78, 5) is 23.7. The van der Waals surface area contributed by atoms with Crippen LogP contribution in [0.1, 0.15) is 24.5 Å². The van der Waals surface area contributed by atoms with Crippen LogP contribution in [-0.2, 0) is 27.4 Å². The minimum atomic E-state index is -1.10. The Balaban J connectivity index is 2.09. The number of ether oxygens (including phenoxy) is 1. The van der Waals surface area contributed by atoms with Crippen LogP contribution in [0, 0.1) is 5.41 Å². The predicted molar refractivity (Wildman–Crippen MR) is 86.7 cm³/mol. The Kier molecular flexibility index (Phi) is 5.52. The minimum absolute atomic E-state index is 0.143. The van der Waals surface area contributed by atoms with Gasteiger partial charge in [-0.25, -0.2) is 0 Å². The first-order valence-corrected chi connectivity index (χ1v) is 7.46. The maximum absolute atomic E-state index is 12.5. The van der Waals surface area contributed by atoms with Crippen molar-refractivity contribution < 1.29 is 19.4 Å². The summed E-state index contributed by atoms with van der Waals surface area (Å²) < 4.78 is 5.36. The first-order valence-electron chi connectivity index (χ1n) is 7.46. The van der Waals surface area contributed by atoms with Crippen molar-refractivity contribution in [3.05, 3.63) is 71.8 Å². The second-order valence-corrected chi connectivity index (χ2v) is 5.86. The summed E-state index contributed by atoms with van der Waals surface area (Å²) in [5.41, 5.74) is 0.688. The highest BCUT2D eigenvalue weighted by atomic mass is 16.5. The predicted octanol–water partition coefficient (Wildman–Crippen LogP) is 3.45. The smallest absolute Gasteiger partial charge is 0.313 e. The molecule has 0 amide bonds. The van der Waals surface area contributed by atoms with Crippen molar-refractivity contribution >= 4 is 11.9 Å². The van der Waals surface area contributed by atoms with Gasteiger partial charge in [0.25, 0.3) is 0 Å². The fourth-order valence-corrected chi connectivity index (χ4v) is 2.48. The molecule has 0 heterocycles. The zero-order valence-corrected chi connectivity index (χ0v) is 13.1. The highest BCUT2D eigenvalue weighted by molar-refractivity contribution is 5.82. The number of hydrogen-bond acceptors (Lipinski definition) is 3. The van der Waals surface area contributed by atoms with E-state index < -0.39 is 17.4 Å². The molecule has 0 aliphatic rings. The van der Waals surface area contributed by atoms with Gasteiger partial charge in [0.05, 0.1) is 11.8 Å². The normalized spacial score (nSPS) is 13.1. The van der Waals surface area contributed by atoms with Gasteiger partial charge in [-0.05, 0) is 24.5 Å². The van der Waals surface area contributed by atoms with Crippen LogP contribution in [0.25, 0.3) is 0 Å². The van der Waals surface area contributed by atoms with E-state index in [1.165, 1.54) is 0 Å². The lowest BCUT2D eigenvalue weighted by Crippen LogP contribution is -2.34. The number of hydrogen-bond donors (Lipinski definition) is 1. The molecule has 4 heteroatoms. The van der Waals surface area contributed by atoms with E-state index >= 15 is 0 Å². The molecule has 23 heavy (non-hydrogen) atoms. The third-order valence-electron chi connectivity index (χ3n) is 3.68. The SMILES string of the molecule is C[C@](CC(=O)O)(Cc1ccccc1)C(=O)OCc1ccccc1. The van der Waals surface area contributed by atoms with Gasteiger partial charge in [0, 0.05) is 0 Å². The van der Waals surface area contributed by atoms with Crippen molar-refractivity contribution in [2.24, 2.45) is 5.41 Å². The maximum Gasteiger partial charge on any atom is 0.313 e. The van der Waals surface area contributed by atoms with Gasteiger partial charge in [-0.2, -0.15) is 0 Å². The van der Waals surface area contributed by atoms with Crippen molar-refractivity contribution in [2.75, 3.05) is 0 Å². The Hall–Kier alpha value is -2.62. The maximum atomic E-state index is 12.5. The summed E-state index contributed by atoms with van der Waals surface area (Å²) in [6.07, 6.45) is 0.0588. The van der Waals surface area contributed by atoms with E-state index in [1.807, 2.05) is 60.7 Å². The molecule has 0 spiro atoms. The Morgan fingerprint density at radius 2 is 1.48 bits per heavy atom. The largest absolute Gasteiger partial charge is 0.481 e. The van der Waals surface area contributed by atoms with E-state index in [1.54, 1.807) is 6.92 Å². The summed E-state index contributed by atoms with van der Waals surface area (Å²) in [6.45, 7) is 1.78. The molecule has 2 rings (SSSR count). The molecule has 0 fully saturated rings. The molecule has 1 N–H and O–H groups in total. The van der Waals surface area contributed by atoms with E-state index in [2.05, 4.69) is 0 Å². The first kappa shape index (κ1) is 16.7. The molecule has 4 nitrogen and oxygen atoms in total. The second-order valence-electron chi connectivity index (χ2n) is 5.86. The molecule has 0 saturated carbocycles. The third-order valence-corrected chi connectivity index (χ3v) is 3.68. The molecule has 0 aliphatic carbocycles. The van der Waals surface area contributed by atoms with Crippen molar-refractivity contribution in [3.63, 3.8) is 0 Å². The number of carbonyl (C=O) groups excluding carboxylic acids is 1. The fraction of sp³-hybridized carbons (Fsp3) is 0.263. The molecule has 0 aromatic heterocycles. The average Bonchev–Trinajstić information content (AvgIpc) is 2.53. The van der Waals surface area contributed by atoms with Gasteiger partial charge < -0.3 is 9.84 Å².